The van der Waals surface area contributed by atoms with Gasteiger partial charge in [0.05, 0.1) is 8.95 Å². The normalized spacial score (nSPS) is 12.0. The van der Waals surface area contributed by atoms with E-state index in [0.717, 1.165) is 11.1 Å². The molecule has 0 aliphatic heterocycles. The SMILES string of the molecule is Cc1ccc(S(=O)(=O)Oc2c(Br)ccc3c(OS(=O)(=O)c4ccc(C)cc4)c(Br)ccc23)cc1. The lowest BCUT2D eigenvalue weighted by atomic mass is 10.1. The molecule has 0 aliphatic rings. The molecule has 0 heterocycles. The van der Waals surface area contributed by atoms with Crippen LogP contribution in [0.25, 0.3) is 10.8 Å². The Balaban J connectivity index is 1.81. The predicted molar refractivity (Wildman–Crippen MR) is 137 cm³/mol. The first kappa shape index (κ1) is 24.7. The summed E-state index contributed by atoms with van der Waals surface area (Å²) in [5.41, 5.74) is 1.82. The standard InChI is InChI=1S/C24H18Br2O6S2/c1-15-3-7-17(8-4-15)33(27,28)31-23-19-11-14-22(26)24(20(19)12-13-21(23)25)32-34(29,30)18-9-5-16(2)6-10-18/h3-14H,1-2H3. The van der Waals surface area contributed by atoms with E-state index in [1.165, 1.54) is 24.3 Å². The summed E-state index contributed by atoms with van der Waals surface area (Å²) in [7, 11) is -8.30. The van der Waals surface area contributed by atoms with E-state index in [1.54, 1.807) is 48.5 Å². The Morgan fingerprint density at radius 3 is 1.18 bits per heavy atom. The molecular weight excluding hydrogens is 608 g/mol. The topological polar surface area (TPSA) is 86.7 Å². The van der Waals surface area contributed by atoms with Crippen LogP contribution in [-0.4, -0.2) is 16.8 Å². The highest BCUT2D eigenvalue weighted by molar-refractivity contribution is 9.11. The first-order valence-electron chi connectivity index (χ1n) is 9.91. The van der Waals surface area contributed by atoms with Crippen LogP contribution >= 0.6 is 31.9 Å². The lowest BCUT2D eigenvalue weighted by Crippen LogP contribution is -2.11. The van der Waals surface area contributed by atoms with Crippen molar-refractivity contribution in [2.75, 3.05) is 0 Å². The third-order valence-corrected chi connectivity index (χ3v) is 8.73. The number of aryl methyl sites for hydroxylation is 2. The van der Waals surface area contributed by atoms with Gasteiger partial charge >= 0.3 is 20.2 Å². The molecule has 0 aliphatic carbocycles. The molecule has 0 amide bonds. The minimum Gasteiger partial charge on any atom is -0.377 e. The molecule has 0 aromatic heterocycles. The summed E-state index contributed by atoms with van der Waals surface area (Å²) >= 11 is 6.68. The molecule has 34 heavy (non-hydrogen) atoms. The second kappa shape index (κ2) is 9.33. The number of benzene rings is 4. The first-order valence-corrected chi connectivity index (χ1v) is 14.3. The molecule has 0 saturated carbocycles. The number of rotatable bonds is 6. The van der Waals surface area contributed by atoms with Gasteiger partial charge in [0.1, 0.15) is 9.79 Å². The monoisotopic (exact) mass is 624 g/mol. The van der Waals surface area contributed by atoms with E-state index < -0.39 is 20.2 Å². The van der Waals surface area contributed by atoms with Crippen molar-refractivity contribution in [3.05, 3.63) is 92.9 Å². The molecule has 0 atom stereocenters. The van der Waals surface area contributed by atoms with Gasteiger partial charge in [-0.25, -0.2) is 0 Å². The minimum atomic E-state index is -4.15. The zero-order chi connectivity index (χ0) is 24.7. The van der Waals surface area contributed by atoms with Crippen molar-refractivity contribution in [1.82, 2.24) is 0 Å². The van der Waals surface area contributed by atoms with Gasteiger partial charge in [0.15, 0.2) is 11.5 Å². The highest BCUT2D eigenvalue weighted by Crippen LogP contribution is 2.43. The van der Waals surface area contributed by atoms with Gasteiger partial charge in [0.2, 0.25) is 0 Å². The molecule has 4 aromatic rings. The molecule has 4 rings (SSSR count). The Morgan fingerprint density at radius 1 is 0.529 bits per heavy atom. The Morgan fingerprint density at radius 2 is 0.853 bits per heavy atom. The van der Waals surface area contributed by atoms with E-state index in [2.05, 4.69) is 31.9 Å². The summed E-state index contributed by atoms with van der Waals surface area (Å²) in [6, 6.07) is 18.9. The summed E-state index contributed by atoms with van der Waals surface area (Å²) in [4.78, 5) is -0.00456. The maximum atomic E-state index is 12.9. The molecule has 10 heteroatoms. The average Bonchev–Trinajstić information content (AvgIpc) is 2.78. The van der Waals surface area contributed by atoms with Crippen molar-refractivity contribution in [2.24, 2.45) is 0 Å². The van der Waals surface area contributed by atoms with Gasteiger partial charge in [-0.2, -0.15) is 16.8 Å². The molecule has 176 valence electrons. The van der Waals surface area contributed by atoms with Crippen LogP contribution in [-0.2, 0) is 20.2 Å². The van der Waals surface area contributed by atoms with Crippen LogP contribution in [0.3, 0.4) is 0 Å². The summed E-state index contributed by atoms with van der Waals surface area (Å²) in [5.74, 6) is 0.0336. The van der Waals surface area contributed by atoms with Crippen LogP contribution in [0.4, 0.5) is 0 Å². The highest BCUT2D eigenvalue weighted by atomic mass is 79.9. The smallest absolute Gasteiger partial charge is 0.339 e. The third kappa shape index (κ3) is 5.00. The third-order valence-electron chi connectivity index (χ3n) is 5.01. The van der Waals surface area contributed by atoms with Crippen molar-refractivity contribution >= 4 is 62.9 Å². The van der Waals surface area contributed by atoms with Crippen LogP contribution in [0.15, 0.2) is 91.5 Å². The first-order chi connectivity index (χ1) is 16.0. The Bertz CT molecular complexity index is 1470. The summed E-state index contributed by atoms with van der Waals surface area (Å²) in [6.45, 7) is 3.70. The fourth-order valence-electron chi connectivity index (χ4n) is 3.19. The number of hydrogen-bond acceptors (Lipinski definition) is 6. The summed E-state index contributed by atoms with van der Waals surface area (Å²) in [6.07, 6.45) is 0. The van der Waals surface area contributed by atoms with Crippen LogP contribution < -0.4 is 8.37 Å². The van der Waals surface area contributed by atoms with Gasteiger partial charge < -0.3 is 8.37 Å². The molecule has 4 aromatic carbocycles. The zero-order valence-corrected chi connectivity index (χ0v) is 22.8. The van der Waals surface area contributed by atoms with Gasteiger partial charge in [0, 0.05) is 10.8 Å². The van der Waals surface area contributed by atoms with Crippen molar-refractivity contribution in [2.45, 2.75) is 23.6 Å². The van der Waals surface area contributed by atoms with Gasteiger partial charge in [-0.1, -0.05) is 35.4 Å². The Hall–Kier alpha value is -2.40. The van der Waals surface area contributed by atoms with Crippen LogP contribution in [0.1, 0.15) is 11.1 Å². The quantitative estimate of drug-likeness (QED) is 0.227. The Labute approximate surface area is 215 Å². The lowest BCUT2D eigenvalue weighted by molar-refractivity contribution is 0.483. The minimum absolute atomic E-state index is 0.00228. The predicted octanol–water partition coefficient (Wildman–Crippen LogP) is 6.52. The Kier molecular flexibility index (Phi) is 6.78. The van der Waals surface area contributed by atoms with Gasteiger partial charge in [-0.15, -0.1) is 0 Å². The van der Waals surface area contributed by atoms with Crippen molar-refractivity contribution in [3.8, 4) is 11.5 Å². The van der Waals surface area contributed by atoms with Crippen LogP contribution in [0.5, 0.6) is 11.5 Å². The van der Waals surface area contributed by atoms with Crippen molar-refractivity contribution < 1.29 is 25.2 Å². The van der Waals surface area contributed by atoms with Gasteiger partial charge in [-0.3, -0.25) is 0 Å². The van der Waals surface area contributed by atoms with Crippen LogP contribution in [0.2, 0.25) is 0 Å². The number of hydrogen-bond donors (Lipinski definition) is 0. The molecular formula is C24H18Br2O6S2. The molecule has 0 saturated heterocycles. The number of halogens is 2. The van der Waals surface area contributed by atoms with E-state index in [0.29, 0.717) is 19.7 Å². The van der Waals surface area contributed by atoms with E-state index in [-0.39, 0.29) is 21.3 Å². The van der Waals surface area contributed by atoms with Crippen molar-refractivity contribution in [3.63, 3.8) is 0 Å². The van der Waals surface area contributed by atoms with Crippen LogP contribution in [0, 0.1) is 13.8 Å². The molecule has 6 nitrogen and oxygen atoms in total. The average molecular weight is 626 g/mol. The second-order valence-electron chi connectivity index (χ2n) is 7.55. The maximum Gasteiger partial charge on any atom is 0.339 e. The molecule has 0 bridgehead atoms. The second-order valence-corrected chi connectivity index (χ2v) is 12.4. The molecule has 0 N–H and O–H groups in total. The fraction of sp³-hybridized carbons (Fsp3) is 0.0833. The van der Waals surface area contributed by atoms with Crippen molar-refractivity contribution in [1.29, 1.82) is 0 Å². The van der Waals surface area contributed by atoms with Gasteiger partial charge in [-0.05, 0) is 94.2 Å². The zero-order valence-electron chi connectivity index (χ0n) is 18.0. The summed E-state index contributed by atoms with van der Waals surface area (Å²) in [5, 5.41) is 0.699. The van der Waals surface area contributed by atoms with E-state index in [9.17, 15) is 16.8 Å². The molecule has 0 radical (unpaired) electrons. The molecule has 0 unspecified atom stereocenters. The lowest BCUT2D eigenvalue weighted by Gasteiger charge is -2.15. The largest absolute Gasteiger partial charge is 0.377 e. The fourth-order valence-corrected chi connectivity index (χ4v) is 6.19. The van der Waals surface area contributed by atoms with E-state index in [4.69, 9.17) is 8.37 Å². The maximum absolute atomic E-state index is 12.9. The van der Waals surface area contributed by atoms with E-state index >= 15 is 0 Å². The van der Waals surface area contributed by atoms with Gasteiger partial charge in [0.25, 0.3) is 0 Å². The number of fused-ring (bicyclic) bond motifs is 1. The highest BCUT2D eigenvalue weighted by Gasteiger charge is 2.24. The van der Waals surface area contributed by atoms with E-state index in [1.807, 2.05) is 13.8 Å². The summed E-state index contributed by atoms with van der Waals surface area (Å²) < 4.78 is 63.4. The molecule has 0 spiro atoms. The molecule has 0 fully saturated rings.